The summed E-state index contributed by atoms with van der Waals surface area (Å²) in [5.74, 6) is 0. The largest absolute Gasteiger partial charge is 0.385 e. The van der Waals surface area contributed by atoms with Gasteiger partial charge in [-0.2, -0.15) is 5.26 Å². The fourth-order valence-electron chi connectivity index (χ4n) is 1.53. The molecule has 0 fully saturated rings. The van der Waals surface area contributed by atoms with E-state index < -0.39 is 0 Å². The number of nitrogens with one attached hydrogen (secondary N) is 1. The Morgan fingerprint density at radius 1 is 1.29 bits per heavy atom. The van der Waals surface area contributed by atoms with Crippen LogP contribution in [-0.4, -0.2) is 12.8 Å². The maximum absolute atomic E-state index is 8.90. The molecule has 0 spiro atoms. The molecule has 0 heterocycles. The van der Waals surface area contributed by atoms with Crippen molar-refractivity contribution in [3.05, 3.63) is 24.3 Å². The number of hydrogen-bond donors (Lipinski definition) is 1. The summed E-state index contributed by atoms with van der Waals surface area (Å²) in [7, 11) is 0. The van der Waals surface area contributed by atoms with Crippen LogP contribution in [0.1, 0.15) is 26.7 Å². The molecule has 0 radical (unpaired) electrons. The summed E-state index contributed by atoms with van der Waals surface area (Å²) >= 11 is 1.75. The van der Waals surface area contributed by atoms with Gasteiger partial charge in [0.25, 0.3) is 0 Å². The molecule has 0 aliphatic heterocycles. The molecule has 0 bridgehead atoms. The van der Waals surface area contributed by atoms with Crippen LogP contribution in [0.25, 0.3) is 0 Å². The molecular weight excluding hydrogens is 228 g/mol. The van der Waals surface area contributed by atoms with Crippen LogP contribution >= 0.6 is 11.8 Å². The minimum Gasteiger partial charge on any atom is -0.385 e. The van der Waals surface area contributed by atoms with Gasteiger partial charge in [-0.25, -0.2) is 0 Å². The fourth-order valence-corrected chi connectivity index (χ4v) is 1.94. The lowest BCUT2D eigenvalue weighted by atomic mass is 9.90. The Balaban J connectivity index is 2.29. The Morgan fingerprint density at radius 2 is 1.94 bits per heavy atom. The quantitative estimate of drug-likeness (QED) is 0.607. The summed E-state index contributed by atoms with van der Waals surface area (Å²) in [5, 5.41) is 12.3. The van der Waals surface area contributed by atoms with Crippen LogP contribution in [0.4, 0.5) is 5.69 Å². The Kier molecular flexibility index (Phi) is 5.37. The van der Waals surface area contributed by atoms with Gasteiger partial charge in [0.05, 0.1) is 11.5 Å². The third-order valence-corrected chi connectivity index (χ3v) is 3.44. The highest BCUT2D eigenvalue weighted by atomic mass is 32.2. The van der Waals surface area contributed by atoms with Crippen molar-refractivity contribution in [2.75, 3.05) is 18.1 Å². The number of hydrogen-bond acceptors (Lipinski definition) is 3. The van der Waals surface area contributed by atoms with Crippen LogP contribution in [0.15, 0.2) is 29.2 Å². The van der Waals surface area contributed by atoms with Gasteiger partial charge < -0.3 is 5.32 Å². The Bertz CT molecular complexity index is 376. The monoisotopic (exact) mass is 248 g/mol. The van der Waals surface area contributed by atoms with Crippen LogP contribution < -0.4 is 5.32 Å². The molecule has 0 aromatic heterocycles. The minimum atomic E-state index is -0.204. The van der Waals surface area contributed by atoms with Crippen molar-refractivity contribution in [3.63, 3.8) is 0 Å². The molecule has 0 saturated carbocycles. The second kappa shape index (κ2) is 6.56. The molecule has 0 saturated heterocycles. The lowest BCUT2D eigenvalue weighted by molar-refractivity contribution is 0.441. The molecule has 92 valence electrons. The van der Waals surface area contributed by atoms with Crippen molar-refractivity contribution in [1.82, 2.24) is 0 Å². The van der Waals surface area contributed by atoms with E-state index in [-0.39, 0.29) is 5.41 Å². The predicted octanol–water partition coefficient (Wildman–Crippen LogP) is 4.15. The normalized spacial score (nSPS) is 10.9. The Labute approximate surface area is 108 Å². The van der Waals surface area contributed by atoms with Crippen molar-refractivity contribution < 1.29 is 0 Å². The molecule has 1 aromatic carbocycles. The van der Waals surface area contributed by atoms with Gasteiger partial charge in [0, 0.05) is 17.1 Å². The number of rotatable bonds is 6. The van der Waals surface area contributed by atoms with Gasteiger partial charge in [-0.05, 0) is 57.2 Å². The maximum atomic E-state index is 8.90. The average molecular weight is 248 g/mol. The number of nitriles is 1. The zero-order valence-corrected chi connectivity index (χ0v) is 11.6. The smallest absolute Gasteiger partial charge is 0.0683 e. The number of benzene rings is 1. The van der Waals surface area contributed by atoms with E-state index >= 15 is 0 Å². The van der Waals surface area contributed by atoms with Crippen LogP contribution in [0.3, 0.4) is 0 Å². The lowest BCUT2D eigenvalue weighted by Crippen LogP contribution is -2.11. The van der Waals surface area contributed by atoms with E-state index in [4.69, 9.17) is 5.26 Å². The fraction of sp³-hybridized carbons (Fsp3) is 0.500. The van der Waals surface area contributed by atoms with Crippen molar-refractivity contribution in [1.29, 1.82) is 5.26 Å². The number of anilines is 1. The molecule has 3 heteroatoms. The summed E-state index contributed by atoms with van der Waals surface area (Å²) in [6, 6.07) is 10.8. The van der Waals surface area contributed by atoms with E-state index in [2.05, 4.69) is 41.9 Å². The SMILES string of the molecule is CSc1ccc(NCCCC(C)(C)C#N)cc1. The predicted molar refractivity (Wildman–Crippen MR) is 75.3 cm³/mol. The van der Waals surface area contributed by atoms with E-state index in [1.165, 1.54) is 4.90 Å². The third-order valence-electron chi connectivity index (χ3n) is 2.70. The molecule has 17 heavy (non-hydrogen) atoms. The molecule has 1 rings (SSSR count). The molecule has 0 aliphatic carbocycles. The van der Waals surface area contributed by atoms with Crippen molar-refractivity contribution in [3.8, 4) is 6.07 Å². The van der Waals surface area contributed by atoms with Gasteiger partial charge in [-0.1, -0.05) is 0 Å². The first-order valence-corrected chi connectivity index (χ1v) is 7.09. The molecule has 1 aromatic rings. The summed E-state index contributed by atoms with van der Waals surface area (Å²) in [4.78, 5) is 1.28. The molecule has 0 atom stereocenters. The summed E-state index contributed by atoms with van der Waals surface area (Å²) in [5.41, 5.74) is 0.947. The summed E-state index contributed by atoms with van der Waals surface area (Å²) in [6.07, 6.45) is 4.02. The van der Waals surface area contributed by atoms with Crippen LogP contribution in [-0.2, 0) is 0 Å². The van der Waals surface area contributed by atoms with Gasteiger partial charge in [0.2, 0.25) is 0 Å². The second-order valence-electron chi connectivity index (χ2n) is 4.75. The topological polar surface area (TPSA) is 35.8 Å². The molecule has 0 aliphatic rings. The third kappa shape index (κ3) is 5.14. The second-order valence-corrected chi connectivity index (χ2v) is 5.63. The molecule has 1 N–H and O–H groups in total. The van der Waals surface area contributed by atoms with E-state index in [9.17, 15) is 0 Å². The van der Waals surface area contributed by atoms with E-state index in [1.807, 2.05) is 13.8 Å². The standard InChI is InChI=1S/C14H20N2S/c1-14(2,11-15)9-4-10-16-12-5-7-13(17-3)8-6-12/h5-8,16H,4,9-10H2,1-3H3. The van der Waals surface area contributed by atoms with E-state index in [1.54, 1.807) is 11.8 Å². The summed E-state index contributed by atoms with van der Waals surface area (Å²) < 4.78 is 0. The maximum Gasteiger partial charge on any atom is 0.0683 e. The highest BCUT2D eigenvalue weighted by Crippen LogP contribution is 2.21. The van der Waals surface area contributed by atoms with Crippen molar-refractivity contribution in [2.45, 2.75) is 31.6 Å². The zero-order chi connectivity index (χ0) is 12.7. The van der Waals surface area contributed by atoms with E-state index in [0.29, 0.717) is 0 Å². The van der Waals surface area contributed by atoms with Crippen LogP contribution in [0.2, 0.25) is 0 Å². The zero-order valence-electron chi connectivity index (χ0n) is 10.8. The van der Waals surface area contributed by atoms with Gasteiger partial charge in [0.15, 0.2) is 0 Å². The first-order valence-electron chi connectivity index (χ1n) is 5.86. The van der Waals surface area contributed by atoms with Gasteiger partial charge >= 0.3 is 0 Å². The highest BCUT2D eigenvalue weighted by molar-refractivity contribution is 7.98. The van der Waals surface area contributed by atoms with Gasteiger partial charge in [-0.3, -0.25) is 0 Å². The Hall–Kier alpha value is -1.14. The lowest BCUT2D eigenvalue weighted by Gasteiger charge is -2.15. The van der Waals surface area contributed by atoms with Gasteiger partial charge in [0.1, 0.15) is 0 Å². The average Bonchev–Trinajstić information content (AvgIpc) is 2.35. The van der Waals surface area contributed by atoms with Crippen LogP contribution in [0.5, 0.6) is 0 Å². The van der Waals surface area contributed by atoms with Crippen molar-refractivity contribution >= 4 is 17.4 Å². The van der Waals surface area contributed by atoms with Gasteiger partial charge in [-0.15, -0.1) is 11.8 Å². The summed E-state index contributed by atoms with van der Waals surface area (Å²) in [6.45, 7) is 4.89. The van der Waals surface area contributed by atoms with Crippen molar-refractivity contribution in [2.24, 2.45) is 5.41 Å². The van der Waals surface area contributed by atoms with E-state index in [0.717, 1.165) is 25.1 Å². The van der Waals surface area contributed by atoms with Crippen LogP contribution in [0, 0.1) is 16.7 Å². The first kappa shape index (κ1) is 13.9. The Morgan fingerprint density at radius 3 is 2.47 bits per heavy atom. The number of nitrogens with zero attached hydrogens (tertiary/aromatic N) is 1. The molecular formula is C14H20N2S. The molecule has 2 nitrogen and oxygen atoms in total. The first-order chi connectivity index (χ1) is 8.07. The minimum absolute atomic E-state index is 0.204. The molecule has 0 amide bonds. The molecule has 0 unspecified atom stereocenters. The highest BCUT2D eigenvalue weighted by Gasteiger charge is 2.15. The number of thioether (sulfide) groups is 1.